The molecule has 22 heavy (non-hydrogen) atoms. The Labute approximate surface area is 129 Å². The molecule has 0 fully saturated rings. The molecule has 0 aromatic heterocycles. The standard InChI is InChI=1S/C16H19N3O3/c1-10(18)9-22-16-6-13(8-17)4-5-14(16)7-15(11(2)20)19-12(3)21/h4-7,10H,9,18H2,1-3H3,(H,19,21)/b15-7-. The minimum Gasteiger partial charge on any atom is -0.491 e. The van der Waals surface area contributed by atoms with Gasteiger partial charge in [0, 0.05) is 25.5 Å². The fourth-order valence-corrected chi connectivity index (χ4v) is 1.64. The third-order valence-corrected chi connectivity index (χ3v) is 2.63. The zero-order valence-electron chi connectivity index (χ0n) is 12.8. The number of carbonyl (C=O) groups excluding carboxylic acids is 2. The van der Waals surface area contributed by atoms with Gasteiger partial charge in [0.2, 0.25) is 5.91 Å². The second-order valence-corrected chi connectivity index (χ2v) is 4.95. The highest BCUT2D eigenvalue weighted by Crippen LogP contribution is 2.23. The number of hydrogen-bond donors (Lipinski definition) is 2. The van der Waals surface area contributed by atoms with Gasteiger partial charge in [-0.05, 0) is 31.2 Å². The van der Waals surface area contributed by atoms with Crippen LogP contribution < -0.4 is 15.8 Å². The molecule has 3 N–H and O–H groups in total. The Hall–Kier alpha value is -2.65. The zero-order chi connectivity index (χ0) is 16.7. The summed E-state index contributed by atoms with van der Waals surface area (Å²) in [6.45, 7) is 4.74. The van der Waals surface area contributed by atoms with E-state index in [4.69, 9.17) is 15.7 Å². The molecule has 1 unspecified atom stereocenters. The van der Waals surface area contributed by atoms with E-state index in [1.54, 1.807) is 25.1 Å². The number of nitrogens with two attached hydrogens (primary N) is 1. The van der Waals surface area contributed by atoms with Gasteiger partial charge in [-0.25, -0.2) is 0 Å². The zero-order valence-corrected chi connectivity index (χ0v) is 12.8. The topological polar surface area (TPSA) is 105 Å². The predicted molar refractivity (Wildman–Crippen MR) is 82.8 cm³/mol. The maximum atomic E-state index is 11.6. The van der Waals surface area contributed by atoms with E-state index >= 15 is 0 Å². The Morgan fingerprint density at radius 2 is 2.14 bits per heavy atom. The summed E-state index contributed by atoms with van der Waals surface area (Å²) in [5.74, 6) is -0.189. The lowest BCUT2D eigenvalue weighted by Gasteiger charge is -2.13. The Kier molecular flexibility index (Phi) is 6.29. The highest BCUT2D eigenvalue weighted by molar-refractivity contribution is 6.01. The molecule has 6 heteroatoms. The summed E-state index contributed by atoms with van der Waals surface area (Å²) in [5.41, 5.74) is 6.83. The molecule has 1 amide bonds. The molecule has 0 radical (unpaired) electrons. The molecular formula is C16H19N3O3. The molecule has 0 bridgehead atoms. The highest BCUT2D eigenvalue weighted by Gasteiger charge is 2.10. The third-order valence-electron chi connectivity index (χ3n) is 2.63. The Bertz CT molecular complexity index is 643. The van der Waals surface area contributed by atoms with E-state index in [-0.39, 0.29) is 30.0 Å². The smallest absolute Gasteiger partial charge is 0.221 e. The largest absolute Gasteiger partial charge is 0.491 e. The van der Waals surface area contributed by atoms with Crippen molar-refractivity contribution in [3.05, 3.63) is 35.0 Å². The highest BCUT2D eigenvalue weighted by atomic mass is 16.5. The molecule has 0 spiro atoms. The van der Waals surface area contributed by atoms with E-state index in [2.05, 4.69) is 5.32 Å². The van der Waals surface area contributed by atoms with Gasteiger partial charge in [-0.15, -0.1) is 0 Å². The summed E-state index contributed by atoms with van der Waals surface area (Å²) < 4.78 is 5.58. The van der Waals surface area contributed by atoms with Crippen LogP contribution in [-0.2, 0) is 9.59 Å². The summed E-state index contributed by atoms with van der Waals surface area (Å²) in [6.07, 6.45) is 1.52. The van der Waals surface area contributed by atoms with Crippen molar-refractivity contribution >= 4 is 17.8 Å². The maximum absolute atomic E-state index is 11.6. The number of hydrogen-bond acceptors (Lipinski definition) is 5. The molecule has 6 nitrogen and oxygen atoms in total. The Morgan fingerprint density at radius 1 is 1.45 bits per heavy atom. The SMILES string of the molecule is CC(=O)N/C(=C\c1ccc(C#N)cc1OCC(C)N)C(C)=O. The van der Waals surface area contributed by atoms with Gasteiger partial charge < -0.3 is 15.8 Å². The van der Waals surface area contributed by atoms with E-state index in [1.807, 2.05) is 6.07 Å². The number of carbonyl (C=O) groups is 2. The number of allylic oxidation sites excluding steroid dienone is 1. The summed E-state index contributed by atoms with van der Waals surface area (Å²) in [4.78, 5) is 22.7. The quantitative estimate of drug-likeness (QED) is 0.772. The minimum atomic E-state index is -0.340. The molecule has 0 aliphatic carbocycles. The van der Waals surface area contributed by atoms with Crippen LogP contribution in [0.2, 0.25) is 0 Å². The van der Waals surface area contributed by atoms with Gasteiger partial charge in [-0.1, -0.05) is 0 Å². The van der Waals surface area contributed by atoms with Crippen LogP contribution in [0, 0.1) is 11.3 Å². The summed E-state index contributed by atoms with van der Waals surface area (Å²) in [6, 6.07) is 6.68. The Morgan fingerprint density at radius 3 is 2.64 bits per heavy atom. The summed E-state index contributed by atoms with van der Waals surface area (Å²) >= 11 is 0. The van der Waals surface area contributed by atoms with E-state index in [9.17, 15) is 9.59 Å². The van der Waals surface area contributed by atoms with Crippen molar-refractivity contribution in [1.29, 1.82) is 5.26 Å². The number of ether oxygens (including phenoxy) is 1. The van der Waals surface area contributed by atoms with Gasteiger partial charge in [-0.3, -0.25) is 9.59 Å². The minimum absolute atomic E-state index is 0.155. The van der Waals surface area contributed by atoms with Gasteiger partial charge in [-0.2, -0.15) is 5.26 Å². The molecule has 1 aromatic carbocycles. The number of rotatable bonds is 6. The van der Waals surface area contributed by atoms with Crippen molar-refractivity contribution in [3.8, 4) is 11.8 Å². The molecule has 1 rings (SSSR count). The van der Waals surface area contributed by atoms with Crippen LogP contribution in [0.1, 0.15) is 31.9 Å². The molecule has 0 aliphatic rings. The monoisotopic (exact) mass is 301 g/mol. The second kappa shape index (κ2) is 7.96. The van der Waals surface area contributed by atoms with Gasteiger partial charge in [0.25, 0.3) is 0 Å². The van der Waals surface area contributed by atoms with Crippen molar-refractivity contribution < 1.29 is 14.3 Å². The summed E-state index contributed by atoms with van der Waals surface area (Å²) in [7, 11) is 0. The number of benzene rings is 1. The van der Waals surface area contributed by atoms with Crippen LogP contribution >= 0.6 is 0 Å². The molecule has 0 aliphatic heterocycles. The average Bonchev–Trinajstić information content (AvgIpc) is 2.44. The number of Topliss-reactive ketones (excluding diaryl/α,β-unsaturated/α-hetero) is 1. The van der Waals surface area contributed by atoms with Crippen LogP contribution in [0.5, 0.6) is 5.75 Å². The number of amides is 1. The number of ketones is 1. The van der Waals surface area contributed by atoms with E-state index < -0.39 is 0 Å². The summed E-state index contributed by atoms with van der Waals surface area (Å²) in [5, 5.41) is 11.4. The number of nitrogens with zero attached hydrogens (tertiary/aromatic N) is 1. The predicted octanol–water partition coefficient (Wildman–Crippen LogP) is 1.35. The van der Waals surface area contributed by atoms with Crippen molar-refractivity contribution in [2.24, 2.45) is 5.73 Å². The van der Waals surface area contributed by atoms with Crippen molar-refractivity contribution in [2.75, 3.05) is 6.61 Å². The molecule has 0 heterocycles. The normalized spacial score (nSPS) is 12.2. The van der Waals surface area contributed by atoms with Gasteiger partial charge >= 0.3 is 0 Å². The van der Waals surface area contributed by atoms with Crippen molar-refractivity contribution in [2.45, 2.75) is 26.8 Å². The average molecular weight is 301 g/mol. The van der Waals surface area contributed by atoms with Crippen LogP contribution in [0.4, 0.5) is 0 Å². The number of nitriles is 1. The van der Waals surface area contributed by atoms with Crippen LogP contribution in [-0.4, -0.2) is 24.3 Å². The molecule has 1 aromatic rings. The Balaban J connectivity index is 3.23. The van der Waals surface area contributed by atoms with Gasteiger partial charge in [0.1, 0.15) is 12.4 Å². The molecule has 116 valence electrons. The van der Waals surface area contributed by atoms with Crippen LogP contribution in [0.3, 0.4) is 0 Å². The van der Waals surface area contributed by atoms with Crippen molar-refractivity contribution in [1.82, 2.24) is 5.32 Å². The lowest BCUT2D eigenvalue weighted by Crippen LogP contribution is -2.24. The lowest BCUT2D eigenvalue weighted by molar-refractivity contribution is -0.120. The first kappa shape index (κ1) is 17.4. The first-order valence-electron chi connectivity index (χ1n) is 6.76. The van der Waals surface area contributed by atoms with Gasteiger partial charge in [0.05, 0.1) is 17.3 Å². The van der Waals surface area contributed by atoms with Gasteiger partial charge in [0.15, 0.2) is 5.78 Å². The second-order valence-electron chi connectivity index (χ2n) is 4.95. The first-order valence-corrected chi connectivity index (χ1v) is 6.76. The molecular weight excluding hydrogens is 282 g/mol. The fourth-order valence-electron chi connectivity index (χ4n) is 1.64. The van der Waals surface area contributed by atoms with E-state index in [0.717, 1.165) is 0 Å². The van der Waals surface area contributed by atoms with E-state index in [0.29, 0.717) is 16.9 Å². The molecule has 0 saturated heterocycles. The first-order chi connectivity index (χ1) is 10.3. The van der Waals surface area contributed by atoms with Crippen LogP contribution in [0.15, 0.2) is 23.9 Å². The van der Waals surface area contributed by atoms with Crippen molar-refractivity contribution in [3.63, 3.8) is 0 Å². The maximum Gasteiger partial charge on any atom is 0.221 e. The molecule has 1 atom stereocenters. The third kappa shape index (κ3) is 5.38. The molecule has 0 saturated carbocycles. The fraction of sp³-hybridized carbons (Fsp3) is 0.312. The number of nitrogens with one attached hydrogen (secondary N) is 1. The van der Waals surface area contributed by atoms with Crippen LogP contribution in [0.25, 0.3) is 6.08 Å². The lowest BCUT2D eigenvalue weighted by atomic mass is 10.1. The van der Waals surface area contributed by atoms with E-state index in [1.165, 1.54) is 19.9 Å².